The number of hydrogen-bond acceptors (Lipinski definition) is 4. The molecule has 1 aliphatic rings. The lowest BCUT2D eigenvalue weighted by atomic mass is 9.94. The summed E-state index contributed by atoms with van der Waals surface area (Å²) in [6, 6.07) is 14.1. The van der Waals surface area contributed by atoms with Crippen LogP contribution in [-0.2, 0) is 16.1 Å². The summed E-state index contributed by atoms with van der Waals surface area (Å²) < 4.78 is 5.39. The lowest BCUT2D eigenvalue weighted by Gasteiger charge is -2.37. The van der Waals surface area contributed by atoms with Gasteiger partial charge < -0.3 is 10.1 Å². The van der Waals surface area contributed by atoms with Gasteiger partial charge in [-0.15, -0.1) is 0 Å². The Hall–Kier alpha value is -2.54. The van der Waals surface area contributed by atoms with E-state index in [1.807, 2.05) is 44.3 Å². The van der Waals surface area contributed by atoms with Gasteiger partial charge in [0.15, 0.2) is 0 Å². The first kappa shape index (κ1) is 24.1. The van der Waals surface area contributed by atoms with Gasteiger partial charge in [-0.05, 0) is 44.2 Å². The minimum Gasteiger partial charge on any atom is -0.463 e. The molecule has 1 heterocycles. The molecule has 0 fully saturated rings. The van der Waals surface area contributed by atoms with E-state index < -0.39 is 12.0 Å². The molecule has 2 aromatic rings. The van der Waals surface area contributed by atoms with Crippen LogP contribution in [0.1, 0.15) is 31.0 Å². The molecular formula is C24H27Cl2N3O3. The Balaban J connectivity index is 2.06. The van der Waals surface area contributed by atoms with Crippen molar-refractivity contribution in [2.24, 2.45) is 0 Å². The van der Waals surface area contributed by atoms with Crippen molar-refractivity contribution < 1.29 is 14.3 Å². The smallest absolute Gasteiger partial charge is 0.338 e. The van der Waals surface area contributed by atoms with Crippen molar-refractivity contribution in [2.45, 2.75) is 26.4 Å². The first-order valence-corrected chi connectivity index (χ1v) is 11.3. The highest BCUT2D eigenvalue weighted by Crippen LogP contribution is 2.34. The number of nitrogens with zero attached hydrogens (tertiary/aromatic N) is 2. The molecule has 170 valence electrons. The minimum absolute atomic E-state index is 0.226. The largest absolute Gasteiger partial charge is 0.463 e. The molecule has 1 atom stereocenters. The maximum atomic E-state index is 13.1. The Morgan fingerprint density at radius 3 is 2.44 bits per heavy atom. The number of urea groups is 1. The number of carbonyl (C=O) groups is 2. The van der Waals surface area contributed by atoms with Crippen LogP contribution < -0.4 is 5.32 Å². The number of amides is 2. The lowest BCUT2D eigenvalue weighted by molar-refractivity contribution is -0.139. The predicted octanol–water partition coefficient (Wildman–Crippen LogP) is 5.03. The van der Waals surface area contributed by atoms with Crippen molar-refractivity contribution in [2.75, 3.05) is 26.7 Å². The van der Waals surface area contributed by atoms with Crippen molar-refractivity contribution in [3.8, 4) is 0 Å². The number of carbonyl (C=O) groups excluding carboxylic acids is 2. The highest BCUT2D eigenvalue weighted by molar-refractivity contribution is 6.42. The van der Waals surface area contributed by atoms with Gasteiger partial charge in [0.05, 0.1) is 28.3 Å². The third-order valence-electron chi connectivity index (χ3n) is 5.24. The summed E-state index contributed by atoms with van der Waals surface area (Å²) in [4.78, 5) is 29.8. The van der Waals surface area contributed by atoms with E-state index in [0.29, 0.717) is 46.5 Å². The molecule has 1 aliphatic heterocycles. The molecule has 8 heteroatoms. The van der Waals surface area contributed by atoms with Crippen LogP contribution in [0, 0.1) is 0 Å². The summed E-state index contributed by atoms with van der Waals surface area (Å²) in [5, 5.41) is 3.68. The lowest BCUT2D eigenvalue weighted by Crippen LogP contribution is -2.50. The van der Waals surface area contributed by atoms with Crippen molar-refractivity contribution in [3.63, 3.8) is 0 Å². The third-order valence-corrected chi connectivity index (χ3v) is 5.98. The van der Waals surface area contributed by atoms with Gasteiger partial charge in [0, 0.05) is 25.3 Å². The van der Waals surface area contributed by atoms with Gasteiger partial charge in [0.1, 0.15) is 0 Å². The molecule has 3 rings (SSSR count). The number of hydrogen-bond donors (Lipinski definition) is 1. The summed E-state index contributed by atoms with van der Waals surface area (Å²) in [6.07, 6.45) is 0. The van der Waals surface area contributed by atoms with Crippen LogP contribution in [0.15, 0.2) is 59.8 Å². The summed E-state index contributed by atoms with van der Waals surface area (Å²) in [5.74, 6) is -0.467. The van der Waals surface area contributed by atoms with E-state index in [1.54, 1.807) is 30.0 Å². The first-order valence-electron chi connectivity index (χ1n) is 10.5. The van der Waals surface area contributed by atoms with Crippen LogP contribution in [0.3, 0.4) is 0 Å². The number of likely N-dealkylation sites (N-methyl/N-ethyl adjacent to an activating group) is 2. The Bertz CT molecular complexity index is 1010. The van der Waals surface area contributed by atoms with Gasteiger partial charge in [-0.1, -0.05) is 59.6 Å². The third kappa shape index (κ3) is 5.44. The van der Waals surface area contributed by atoms with Crippen LogP contribution in [0.25, 0.3) is 0 Å². The van der Waals surface area contributed by atoms with Gasteiger partial charge in [0.25, 0.3) is 0 Å². The second kappa shape index (κ2) is 10.9. The number of esters is 1. The van der Waals surface area contributed by atoms with Crippen molar-refractivity contribution in [1.29, 1.82) is 0 Å². The molecule has 32 heavy (non-hydrogen) atoms. The molecule has 0 bridgehead atoms. The molecule has 0 unspecified atom stereocenters. The van der Waals surface area contributed by atoms with Crippen molar-refractivity contribution in [3.05, 3.63) is 81.0 Å². The average Bonchev–Trinajstić information content (AvgIpc) is 2.76. The Morgan fingerprint density at radius 1 is 1.09 bits per heavy atom. The predicted molar refractivity (Wildman–Crippen MR) is 127 cm³/mol. The molecule has 0 aromatic heterocycles. The quantitative estimate of drug-likeness (QED) is 0.543. The molecule has 0 spiro atoms. The molecule has 2 aromatic carbocycles. The molecule has 0 saturated carbocycles. The van der Waals surface area contributed by atoms with Gasteiger partial charge in [-0.2, -0.15) is 0 Å². The maximum Gasteiger partial charge on any atom is 0.338 e. The monoisotopic (exact) mass is 475 g/mol. The number of rotatable bonds is 8. The SMILES string of the molecule is CCOC(=O)C1=C(CN(C)Cc2ccccc2)N(CC)C(=O)N[C@@H]1c1ccc(Cl)c(Cl)c1. The van der Waals surface area contributed by atoms with Crippen molar-refractivity contribution in [1.82, 2.24) is 15.1 Å². The Labute approximate surface area is 198 Å². The van der Waals surface area contributed by atoms with E-state index in [0.717, 1.165) is 5.56 Å². The molecule has 0 radical (unpaired) electrons. The van der Waals surface area contributed by atoms with Crippen LogP contribution in [0.4, 0.5) is 4.79 Å². The average molecular weight is 476 g/mol. The normalized spacial score (nSPS) is 16.4. The van der Waals surface area contributed by atoms with Crippen LogP contribution in [0.2, 0.25) is 10.0 Å². The number of nitrogens with one attached hydrogen (secondary N) is 1. The fourth-order valence-electron chi connectivity index (χ4n) is 3.81. The summed E-state index contributed by atoms with van der Waals surface area (Å²) >= 11 is 12.3. The molecule has 0 saturated heterocycles. The van der Waals surface area contributed by atoms with Crippen LogP contribution in [0.5, 0.6) is 0 Å². The Morgan fingerprint density at radius 2 is 1.81 bits per heavy atom. The van der Waals surface area contributed by atoms with E-state index >= 15 is 0 Å². The van der Waals surface area contributed by atoms with Gasteiger partial charge >= 0.3 is 12.0 Å². The molecule has 2 amide bonds. The minimum atomic E-state index is -0.695. The number of halogens is 2. The topological polar surface area (TPSA) is 61.9 Å². The van der Waals surface area contributed by atoms with Gasteiger partial charge in [-0.25, -0.2) is 9.59 Å². The highest BCUT2D eigenvalue weighted by Gasteiger charge is 2.38. The second-order valence-electron chi connectivity index (χ2n) is 7.54. The molecule has 6 nitrogen and oxygen atoms in total. The van der Waals surface area contributed by atoms with E-state index in [1.165, 1.54) is 0 Å². The second-order valence-corrected chi connectivity index (χ2v) is 8.35. The van der Waals surface area contributed by atoms with Gasteiger partial charge in [-0.3, -0.25) is 9.80 Å². The summed E-state index contributed by atoms with van der Waals surface area (Å²) in [6.45, 7) is 5.33. The van der Waals surface area contributed by atoms with Crippen molar-refractivity contribution >= 4 is 35.2 Å². The zero-order valence-corrected chi connectivity index (χ0v) is 19.9. The number of ether oxygens (including phenoxy) is 1. The van der Waals surface area contributed by atoms with Gasteiger partial charge in [0.2, 0.25) is 0 Å². The zero-order chi connectivity index (χ0) is 23.3. The first-order chi connectivity index (χ1) is 15.3. The Kier molecular flexibility index (Phi) is 8.18. The number of benzene rings is 2. The summed E-state index contributed by atoms with van der Waals surface area (Å²) in [5.41, 5.74) is 2.81. The van der Waals surface area contributed by atoms with E-state index in [4.69, 9.17) is 27.9 Å². The zero-order valence-electron chi connectivity index (χ0n) is 18.4. The fourth-order valence-corrected chi connectivity index (χ4v) is 4.11. The molecule has 1 N–H and O–H groups in total. The maximum absolute atomic E-state index is 13.1. The van der Waals surface area contributed by atoms with E-state index in [-0.39, 0.29) is 12.6 Å². The van der Waals surface area contributed by atoms with E-state index in [2.05, 4.69) is 10.2 Å². The van der Waals surface area contributed by atoms with E-state index in [9.17, 15) is 9.59 Å². The van der Waals surface area contributed by atoms with Crippen LogP contribution in [-0.4, -0.2) is 48.5 Å². The fraction of sp³-hybridized carbons (Fsp3) is 0.333. The standard InChI is InChI=1S/C24H27Cl2N3O3/c1-4-29-20(15-28(3)14-16-9-7-6-8-10-16)21(23(30)32-5-2)22(27-24(29)31)17-11-12-18(25)19(26)13-17/h6-13,22H,4-5,14-15H2,1-3H3,(H,27,31)/t22-/m1/s1. The molecular weight excluding hydrogens is 449 g/mol. The molecule has 0 aliphatic carbocycles. The highest BCUT2D eigenvalue weighted by atomic mass is 35.5. The summed E-state index contributed by atoms with van der Waals surface area (Å²) in [7, 11) is 1.96. The van der Waals surface area contributed by atoms with Crippen LogP contribution >= 0.6 is 23.2 Å².